The molecule has 102 valence electrons. The van der Waals surface area contributed by atoms with Crippen molar-refractivity contribution in [3.8, 4) is 5.75 Å². The lowest BCUT2D eigenvalue weighted by Crippen LogP contribution is -2.04. The normalized spacial score (nSPS) is 11.1. The van der Waals surface area contributed by atoms with Crippen molar-refractivity contribution >= 4 is 10.9 Å². The number of aromatic nitrogens is 1. The van der Waals surface area contributed by atoms with Crippen LogP contribution >= 0.6 is 0 Å². The molecule has 0 bridgehead atoms. The average molecular weight is 265 g/mol. The van der Waals surface area contributed by atoms with Gasteiger partial charge in [-0.05, 0) is 36.6 Å². The Morgan fingerprint density at radius 3 is 2.55 bits per heavy atom. The summed E-state index contributed by atoms with van der Waals surface area (Å²) in [6.45, 7) is 3.10. The molecular formula is C18H19NO. The van der Waals surface area contributed by atoms with Gasteiger partial charge in [0.15, 0.2) is 0 Å². The quantitative estimate of drug-likeness (QED) is 0.753. The SMILES string of the molecule is CCc1cc2c(O)cccc2n1CCc1ccccc1. The topological polar surface area (TPSA) is 25.2 Å². The number of nitrogens with zero attached hydrogens (tertiary/aromatic N) is 1. The highest BCUT2D eigenvalue weighted by Crippen LogP contribution is 2.28. The van der Waals surface area contributed by atoms with Gasteiger partial charge in [-0.2, -0.15) is 0 Å². The zero-order valence-electron chi connectivity index (χ0n) is 11.7. The summed E-state index contributed by atoms with van der Waals surface area (Å²) in [5, 5.41) is 10.9. The van der Waals surface area contributed by atoms with E-state index in [-0.39, 0.29) is 0 Å². The Labute approximate surface area is 119 Å². The van der Waals surface area contributed by atoms with Crippen LogP contribution in [0.1, 0.15) is 18.2 Å². The number of hydrogen-bond donors (Lipinski definition) is 1. The minimum absolute atomic E-state index is 0.371. The van der Waals surface area contributed by atoms with Crippen LogP contribution in [0.4, 0.5) is 0 Å². The van der Waals surface area contributed by atoms with E-state index in [0.717, 1.165) is 30.3 Å². The first-order valence-corrected chi connectivity index (χ1v) is 7.13. The number of aromatic hydroxyl groups is 1. The van der Waals surface area contributed by atoms with E-state index in [4.69, 9.17) is 0 Å². The minimum Gasteiger partial charge on any atom is -0.507 e. The van der Waals surface area contributed by atoms with E-state index in [1.54, 1.807) is 6.07 Å². The molecule has 3 aromatic rings. The van der Waals surface area contributed by atoms with Gasteiger partial charge in [-0.25, -0.2) is 0 Å². The van der Waals surface area contributed by atoms with E-state index in [1.165, 1.54) is 11.3 Å². The van der Waals surface area contributed by atoms with E-state index in [9.17, 15) is 5.11 Å². The number of aryl methyl sites for hydroxylation is 3. The highest BCUT2D eigenvalue weighted by atomic mass is 16.3. The first-order chi connectivity index (χ1) is 9.79. The van der Waals surface area contributed by atoms with Gasteiger partial charge in [0, 0.05) is 17.6 Å². The molecule has 3 rings (SSSR count). The Hall–Kier alpha value is -2.22. The molecule has 1 heterocycles. The highest BCUT2D eigenvalue weighted by Gasteiger charge is 2.10. The van der Waals surface area contributed by atoms with Gasteiger partial charge in [-0.15, -0.1) is 0 Å². The van der Waals surface area contributed by atoms with Gasteiger partial charge in [-0.1, -0.05) is 43.3 Å². The van der Waals surface area contributed by atoms with E-state index >= 15 is 0 Å². The number of phenols is 1. The van der Waals surface area contributed by atoms with Crippen LogP contribution in [-0.4, -0.2) is 9.67 Å². The Morgan fingerprint density at radius 1 is 1.00 bits per heavy atom. The maximum Gasteiger partial charge on any atom is 0.124 e. The van der Waals surface area contributed by atoms with Gasteiger partial charge in [0.25, 0.3) is 0 Å². The molecule has 0 spiro atoms. The number of hydrogen-bond acceptors (Lipinski definition) is 1. The Kier molecular flexibility index (Phi) is 3.46. The van der Waals surface area contributed by atoms with Gasteiger partial charge in [0.05, 0.1) is 5.52 Å². The van der Waals surface area contributed by atoms with E-state index in [0.29, 0.717) is 5.75 Å². The van der Waals surface area contributed by atoms with Gasteiger partial charge < -0.3 is 9.67 Å². The lowest BCUT2D eigenvalue weighted by atomic mass is 10.1. The summed E-state index contributed by atoms with van der Waals surface area (Å²) in [5.74, 6) is 0.371. The fourth-order valence-corrected chi connectivity index (χ4v) is 2.77. The second-order valence-electron chi connectivity index (χ2n) is 5.09. The third kappa shape index (κ3) is 2.29. The molecule has 0 aliphatic rings. The number of phenolic OH excluding ortho intramolecular Hbond substituents is 1. The van der Waals surface area contributed by atoms with E-state index in [2.05, 4.69) is 47.9 Å². The lowest BCUT2D eigenvalue weighted by molar-refractivity contribution is 0.481. The molecule has 0 atom stereocenters. The maximum absolute atomic E-state index is 9.98. The van der Waals surface area contributed by atoms with Crippen molar-refractivity contribution in [3.63, 3.8) is 0 Å². The zero-order chi connectivity index (χ0) is 13.9. The van der Waals surface area contributed by atoms with Crippen LogP contribution in [0.15, 0.2) is 54.6 Å². The van der Waals surface area contributed by atoms with Crippen molar-refractivity contribution in [2.75, 3.05) is 0 Å². The zero-order valence-corrected chi connectivity index (χ0v) is 11.7. The molecule has 0 fully saturated rings. The van der Waals surface area contributed by atoms with Crippen molar-refractivity contribution < 1.29 is 5.11 Å². The molecule has 0 saturated heterocycles. The highest BCUT2D eigenvalue weighted by molar-refractivity contribution is 5.87. The van der Waals surface area contributed by atoms with Crippen LogP contribution < -0.4 is 0 Å². The summed E-state index contributed by atoms with van der Waals surface area (Å²) in [7, 11) is 0. The van der Waals surface area contributed by atoms with Crippen molar-refractivity contribution in [1.29, 1.82) is 0 Å². The summed E-state index contributed by atoms with van der Waals surface area (Å²) >= 11 is 0. The Bertz CT molecular complexity index is 713. The van der Waals surface area contributed by atoms with E-state index < -0.39 is 0 Å². The van der Waals surface area contributed by atoms with Crippen LogP contribution in [0.2, 0.25) is 0 Å². The Balaban J connectivity index is 1.96. The molecule has 1 N–H and O–H groups in total. The Morgan fingerprint density at radius 2 is 1.80 bits per heavy atom. The lowest BCUT2D eigenvalue weighted by Gasteiger charge is -2.10. The molecular weight excluding hydrogens is 246 g/mol. The van der Waals surface area contributed by atoms with Gasteiger partial charge >= 0.3 is 0 Å². The largest absolute Gasteiger partial charge is 0.507 e. The number of benzene rings is 2. The molecule has 2 aromatic carbocycles. The molecule has 20 heavy (non-hydrogen) atoms. The summed E-state index contributed by atoms with van der Waals surface area (Å²) in [5.41, 5.74) is 3.74. The third-order valence-corrected chi connectivity index (χ3v) is 3.84. The molecule has 0 amide bonds. The van der Waals surface area contributed by atoms with Crippen LogP contribution in [0.5, 0.6) is 5.75 Å². The van der Waals surface area contributed by atoms with Crippen LogP contribution in [-0.2, 0) is 19.4 Å². The molecule has 0 unspecified atom stereocenters. The third-order valence-electron chi connectivity index (χ3n) is 3.84. The number of rotatable bonds is 4. The smallest absolute Gasteiger partial charge is 0.124 e. The summed E-state index contributed by atoms with van der Waals surface area (Å²) in [6.07, 6.45) is 1.98. The molecule has 2 nitrogen and oxygen atoms in total. The monoisotopic (exact) mass is 265 g/mol. The standard InChI is InChI=1S/C18H19NO/c1-2-15-13-16-17(9-6-10-18(16)20)19(15)12-11-14-7-4-3-5-8-14/h3-10,13,20H,2,11-12H2,1H3. The van der Waals surface area contributed by atoms with Gasteiger partial charge in [0.2, 0.25) is 0 Å². The van der Waals surface area contributed by atoms with Crippen LogP contribution in [0, 0.1) is 0 Å². The maximum atomic E-state index is 9.98. The van der Waals surface area contributed by atoms with Gasteiger partial charge in [-0.3, -0.25) is 0 Å². The molecule has 0 saturated carbocycles. The minimum atomic E-state index is 0.371. The predicted molar refractivity (Wildman–Crippen MR) is 83.1 cm³/mol. The predicted octanol–water partition coefficient (Wildman–Crippen LogP) is 4.15. The molecule has 0 radical (unpaired) electrons. The molecule has 0 aliphatic carbocycles. The molecule has 2 heteroatoms. The molecule has 1 aromatic heterocycles. The molecule has 0 aliphatic heterocycles. The fraction of sp³-hybridized carbons (Fsp3) is 0.222. The van der Waals surface area contributed by atoms with Crippen LogP contribution in [0.3, 0.4) is 0 Å². The summed E-state index contributed by atoms with van der Waals surface area (Å²) in [4.78, 5) is 0. The summed E-state index contributed by atoms with van der Waals surface area (Å²) < 4.78 is 2.32. The van der Waals surface area contributed by atoms with Crippen molar-refractivity contribution in [3.05, 3.63) is 65.9 Å². The first-order valence-electron chi connectivity index (χ1n) is 7.13. The van der Waals surface area contributed by atoms with Gasteiger partial charge in [0.1, 0.15) is 5.75 Å². The second kappa shape index (κ2) is 5.41. The first kappa shape index (κ1) is 12.8. The summed E-state index contributed by atoms with van der Waals surface area (Å²) in [6, 6.07) is 18.4. The van der Waals surface area contributed by atoms with Crippen molar-refractivity contribution in [2.24, 2.45) is 0 Å². The van der Waals surface area contributed by atoms with Crippen molar-refractivity contribution in [2.45, 2.75) is 26.3 Å². The average Bonchev–Trinajstić information content (AvgIpc) is 2.85. The van der Waals surface area contributed by atoms with Crippen LogP contribution in [0.25, 0.3) is 10.9 Å². The second-order valence-corrected chi connectivity index (χ2v) is 5.09. The van der Waals surface area contributed by atoms with E-state index in [1.807, 2.05) is 12.1 Å². The van der Waals surface area contributed by atoms with Crippen molar-refractivity contribution in [1.82, 2.24) is 4.57 Å². The number of fused-ring (bicyclic) bond motifs is 1. The fourth-order valence-electron chi connectivity index (χ4n) is 2.77.